The van der Waals surface area contributed by atoms with Crippen molar-refractivity contribution in [3.05, 3.63) is 94.5 Å². The maximum atomic E-state index is 13.0. The van der Waals surface area contributed by atoms with Crippen LogP contribution in [0.3, 0.4) is 0 Å². The first kappa shape index (κ1) is 26.9. The van der Waals surface area contributed by atoms with Crippen LogP contribution in [0, 0.1) is 0 Å². The number of piperidine rings is 1. The number of fused-ring (bicyclic) bond motifs is 2. The van der Waals surface area contributed by atoms with Crippen LogP contribution in [0.15, 0.2) is 66.7 Å². The molecule has 0 radical (unpaired) electrons. The molecule has 1 atom stereocenters. The topological polar surface area (TPSA) is 104 Å². The molecule has 210 valence electrons. The van der Waals surface area contributed by atoms with Gasteiger partial charge in [0.05, 0.1) is 12.1 Å². The lowest BCUT2D eigenvalue weighted by Crippen LogP contribution is -2.44. The number of hydrogen-bond acceptors (Lipinski definition) is 5. The lowest BCUT2D eigenvalue weighted by molar-refractivity contribution is -0.123. The van der Waals surface area contributed by atoms with E-state index in [2.05, 4.69) is 29.2 Å². The average Bonchev–Trinajstić information content (AvgIpc) is 3.49. The lowest BCUT2D eigenvalue weighted by Gasteiger charge is -2.32. The van der Waals surface area contributed by atoms with Crippen molar-refractivity contribution >= 4 is 35.4 Å². The second-order valence-electron chi connectivity index (χ2n) is 11.3. The summed E-state index contributed by atoms with van der Waals surface area (Å²) in [7, 11) is 0. The van der Waals surface area contributed by atoms with Crippen LogP contribution in [0.25, 0.3) is 0 Å². The Morgan fingerprint density at radius 3 is 2.49 bits per heavy atom. The van der Waals surface area contributed by atoms with Crippen molar-refractivity contribution in [1.29, 1.82) is 0 Å². The van der Waals surface area contributed by atoms with Crippen LogP contribution in [-0.4, -0.2) is 52.9 Å². The molecule has 2 N–H and O–H groups in total. The summed E-state index contributed by atoms with van der Waals surface area (Å²) in [4.78, 5) is 54.4. The van der Waals surface area contributed by atoms with Gasteiger partial charge in [-0.15, -0.1) is 0 Å². The molecule has 1 unspecified atom stereocenters. The van der Waals surface area contributed by atoms with E-state index in [1.807, 2.05) is 47.4 Å². The fraction of sp³-hybridized carbons (Fsp3) is 0.333. The minimum atomic E-state index is -0.774. The molecule has 8 heteroatoms. The molecule has 0 aliphatic carbocycles. The number of carbonyl (C=O) groups is 4. The summed E-state index contributed by atoms with van der Waals surface area (Å²) < 4.78 is 0. The molecule has 8 nitrogen and oxygen atoms in total. The van der Waals surface area contributed by atoms with Crippen molar-refractivity contribution in [2.75, 3.05) is 18.0 Å². The molecule has 41 heavy (non-hydrogen) atoms. The molecule has 3 heterocycles. The maximum absolute atomic E-state index is 13.0. The summed E-state index contributed by atoms with van der Waals surface area (Å²) in [6.07, 6.45) is 3.64. The Labute approximate surface area is 239 Å². The summed E-state index contributed by atoms with van der Waals surface area (Å²) in [5.74, 6) is -0.273. The Hall–Kier alpha value is -4.30. The zero-order valence-electron chi connectivity index (χ0n) is 23.0. The maximum Gasteiger partial charge on any atom is 0.255 e. The van der Waals surface area contributed by atoms with Crippen molar-refractivity contribution in [2.24, 2.45) is 5.73 Å². The van der Waals surface area contributed by atoms with Gasteiger partial charge in [-0.2, -0.15) is 0 Å². The molecule has 0 aromatic heterocycles. The number of carbonyl (C=O) groups excluding carboxylic acids is 4. The number of nitrogens with zero attached hydrogens (tertiary/aromatic N) is 3. The Morgan fingerprint density at radius 1 is 0.976 bits per heavy atom. The van der Waals surface area contributed by atoms with Crippen LogP contribution < -0.4 is 10.6 Å². The first-order valence-electron chi connectivity index (χ1n) is 14.3. The van der Waals surface area contributed by atoms with Gasteiger partial charge >= 0.3 is 0 Å². The van der Waals surface area contributed by atoms with E-state index in [9.17, 15) is 19.2 Å². The number of likely N-dealkylation sites (tertiary alicyclic amines) is 1. The molecule has 0 saturated carbocycles. The largest absolute Gasteiger partial charge is 0.368 e. The van der Waals surface area contributed by atoms with E-state index in [-0.39, 0.29) is 24.7 Å². The van der Waals surface area contributed by atoms with Gasteiger partial charge in [-0.05, 0) is 84.8 Å². The predicted molar refractivity (Wildman–Crippen MR) is 156 cm³/mol. The Bertz CT molecular complexity index is 1500. The monoisotopic (exact) mass is 550 g/mol. The van der Waals surface area contributed by atoms with E-state index in [4.69, 9.17) is 5.73 Å². The van der Waals surface area contributed by atoms with Crippen LogP contribution in [0.1, 0.15) is 64.2 Å². The number of amides is 3. The highest BCUT2D eigenvalue weighted by Gasteiger charge is 2.36. The zero-order chi connectivity index (χ0) is 28.5. The average molecular weight is 551 g/mol. The summed E-state index contributed by atoms with van der Waals surface area (Å²) in [6, 6.07) is 21.5. The number of nitrogens with two attached hydrogens (primary N) is 1. The van der Waals surface area contributed by atoms with Crippen molar-refractivity contribution < 1.29 is 19.2 Å². The van der Waals surface area contributed by atoms with Crippen molar-refractivity contribution in [3.63, 3.8) is 0 Å². The number of para-hydroxylation sites is 1. The van der Waals surface area contributed by atoms with Crippen LogP contribution in [0.2, 0.25) is 0 Å². The highest BCUT2D eigenvalue weighted by Crippen LogP contribution is 2.37. The number of primary amides is 1. The SMILES string of the molecule is NC(=O)C(CCC=O)N1Cc2cc(C3CCN(Cc4ccc5c(c4)N(c4ccccc4)C(=O)C5)CC3)ccc2C1=O. The van der Waals surface area contributed by atoms with E-state index in [0.29, 0.717) is 24.4 Å². The van der Waals surface area contributed by atoms with Crippen molar-refractivity contribution in [1.82, 2.24) is 9.80 Å². The zero-order valence-corrected chi connectivity index (χ0v) is 23.0. The van der Waals surface area contributed by atoms with Crippen LogP contribution >= 0.6 is 0 Å². The van der Waals surface area contributed by atoms with Gasteiger partial charge in [-0.3, -0.25) is 24.2 Å². The standard InChI is InChI=1S/C33H34N4O4/c34-32(40)29(7-4-16-38)36-21-26-18-24(10-11-28(26)33(36)41)23-12-14-35(15-13-23)20-22-8-9-25-19-31(39)37(30(25)17-22)27-5-2-1-3-6-27/h1-3,5-6,8-11,16-18,23,29H,4,7,12-15,19-21H2,(H2,34,40). The second-order valence-corrected chi connectivity index (χ2v) is 11.3. The van der Waals surface area contributed by atoms with Gasteiger partial charge in [0.15, 0.2) is 0 Å². The molecular formula is C33H34N4O4. The number of hydrogen-bond donors (Lipinski definition) is 1. The number of anilines is 2. The molecule has 3 aliphatic heterocycles. The van der Waals surface area contributed by atoms with Crippen LogP contribution in [0.5, 0.6) is 0 Å². The first-order valence-corrected chi connectivity index (χ1v) is 14.3. The highest BCUT2D eigenvalue weighted by molar-refractivity contribution is 6.07. The third-order valence-electron chi connectivity index (χ3n) is 8.69. The molecule has 1 saturated heterocycles. The second kappa shape index (κ2) is 11.3. The molecule has 3 amide bonds. The van der Waals surface area contributed by atoms with Gasteiger partial charge in [0.1, 0.15) is 12.3 Å². The van der Waals surface area contributed by atoms with Crippen molar-refractivity contribution in [3.8, 4) is 0 Å². The van der Waals surface area contributed by atoms with Gasteiger partial charge < -0.3 is 15.4 Å². The fourth-order valence-corrected chi connectivity index (χ4v) is 6.53. The third-order valence-corrected chi connectivity index (χ3v) is 8.69. The lowest BCUT2D eigenvalue weighted by atomic mass is 9.87. The molecule has 1 fully saturated rings. The molecular weight excluding hydrogens is 516 g/mol. The summed E-state index contributed by atoms with van der Waals surface area (Å²) in [5, 5.41) is 0. The van der Waals surface area contributed by atoms with Gasteiger partial charge in [0, 0.05) is 30.8 Å². The Morgan fingerprint density at radius 2 is 1.76 bits per heavy atom. The summed E-state index contributed by atoms with van der Waals surface area (Å²) in [5.41, 5.74) is 12.5. The van der Waals surface area contributed by atoms with E-state index in [0.717, 1.165) is 61.3 Å². The van der Waals surface area contributed by atoms with Crippen molar-refractivity contribution in [2.45, 2.75) is 57.2 Å². The Balaban J connectivity index is 1.10. The minimum absolute atomic E-state index is 0.106. The molecule has 3 aliphatic rings. The Kier molecular flexibility index (Phi) is 7.41. The van der Waals surface area contributed by atoms with E-state index < -0.39 is 11.9 Å². The molecule has 0 bridgehead atoms. The highest BCUT2D eigenvalue weighted by atomic mass is 16.2. The van der Waals surface area contributed by atoms with Gasteiger partial charge in [0.25, 0.3) is 5.91 Å². The third kappa shape index (κ3) is 5.27. The fourth-order valence-electron chi connectivity index (χ4n) is 6.53. The van der Waals surface area contributed by atoms with Crippen LogP contribution in [0.4, 0.5) is 11.4 Å². The molecule has 3 aromatic carbocycles. The normalized spacial score (nSPS) is 18.0. The summed E-state index contributed by atoms with van der Waals surface area (Å²) in [6.45, 7) is 3.09. The van der Waals surface area contributed by atoms with E-state index in [1.54, 1.807) is 0 Å². The van der Waals surface area contributed by atoms with E-state index in [1.165, 1.54) is 16.0 Å². The number of aldehydes is 1. The van der Waals surface area contributed by atoms with Gasteiger partial charge in [-0.25, -0.2) is 0 Å². The smallest absolute Gasteiger partial charge is 0.255 e. The van der Waals surface area contributed by atoms with Crippen LogP contribution in [-0.2, 0) is 33.9 Å². The number of benzene rings is 3. The van der Waals surface area contributed by atoms with Gasteiger partial charge in [-0.1, -0.05) is 42.5 Å². The minimum Gasteiger partial charge on any atom is -0.368 e. The number of rotatable bonds is 9. The van der Waals surface area contributed by atoms with Gasteiger partial charge in [0.2, 0.25) is 11.8 Å². The molecule has 3 aromatic rings. The predicted octanol–water partition coefficient (Wildman–Crippen LogP) is 4.08. The summed E-state index contributed by atoms with van der Waals surface area (Å²) >= 11 is 0. The quantitative estimate of drug-likeness (QED) is 0.405. The first-order chi connectivity index (χ1) is 19.9. The van der Waals surface area contributed by atoms with E-state index >= 15 is 0 Å². The molecule has 6 rings (SSSR count). The molecule has 0 spiro atoms.